The number of hydrogen-bond acceptors (Lipinski definition) is 3. The lowest BCUT2D eigenvalue weighted by Crippen LogP contribution is -2.48. The maximum atomic E-state index is 14.1. The van der Waals surface area contributed by atoms with Crippen LogP contribution in [0.2, 0.25) is 5.02 Å². The molecule has 2 heterocycles. The highest BCUT2D eigenvalue weighted by Gasteiger charge is 2.35. The summed E-state index contributed by atoms with van der Waals surface area (Å²) in [5, 5.41) is 0.301. The van der Waals surface area contributed by atoms with Crippen LogP contribution in [0.3, 0.4) is 0 Å². The minimum absolute atomic E-state index is 0.301. The van der Waals surface area contributed by atoms with Crippen LogP contribution in [-0.2, 0) is 10.3 Å². The molecule has 21 heavy (non-hydrogen) atoms. The monoisotopic (exact) mass is 306 g/mol. The minimum Gasteiger partial charge on any atom is -0.367 e. The van der Waals surface area contributed by atoms with E-state index in [0.717, 1.165) is 5.56 Å². The number of morpholine rings is 1. The number of nitrogens with zero attached hydrogens (tertiary/aromatic N) is 2. The summed E-state index contributed by atoms with van der Waals surface area (Å²) in [5.74, 6) is -0.0790. The van der Waals surface area contributed by atoms with Crippen molar-refractivity contribution in [1.29, 1.82) is 0 Å². The molecular formula is C16H16ClFN2O. The van der Waals surface area contributed by atoms with Crippen LogP contribution in [0.15, 0.2) is 42.6 Å². The fourth-order valence-corrected chi connectivity index (χ4v) is 2.80. The van der Waals surface area contributed by atoms with Crippen LogP contribution in [0.25, 0.3) is 0 Å². The molecule has 5 heteroatoms. The predicted molar refractivity (Wildman–Crippen MR) is 81.2 cm³/mol. The Balaban J connectivity index is 1.89. The summed E-state index contributed by atoms with van der Waals surface area (Å²) in [6.07, 6.45) is 1.47. The van der Waals surface area contributed by atoms with Gasteiger partial charge in [-0.05, 0) is 18.6 Å². The van der Waals surface area contributed by atoms with E-state index in [1.807, 2.05) is 42.2 Å². The maximum Gasteiger partial charge on any atom is 0.167 e. The number of aromatic nitrogens is 1. The highest BCUT2D eigenvalue weighted by atomic mass is 35.5. The van der Waals surface area contributed by atoms with E-state index in [0.29, 0.717) is 30.5 Å². The Morgan fingerprint density at radius 1 is 1.33 bits per heavy atom. The third kappa shape index (κ3) is 2.87. The third-order valence-corrected chi connectivity index (χ3v) is 3.95. The molecule has 0 radical (unpaired) electrons. The van der Waals surface area contributed by atoms with Crippen molar-refractivity contribution in [2.75, 3.05) is 24.6 Å². The molecule has 1 aromatic carbocycles. The Bertz CT molecular complexity index is 637. The molecule has 1 atom stereocenters. The van der Waals surface area contributed by atoms with Gasteiger partial charge in [-0.3, -0.25) is 0 Å². The standard InChI is InChI=1S/C16H16ClFN2O/c1-16(12-5-3-2-4-6-12)11-20(7-8-21-16)15-14(18)9-13(17)10-19-15/h2-6,9-10H,7-8,11H2,1H3. The Hall–Kier alpha value is -1.65. The van der Waals surface area contributed by atoms with Gasteiger partial charge in [0.2, 0.25) is 0 Å². The molecule has 0 amide bonds. The topological polar surface area (TPSA) is 25.4 Å². The molecular weight excluding hydrogens is 291 g/mol. The van der Waals surface area contributed by atoms with Gasteiger partial charge >= 0.3 is 0 Å². The van der Waals surface area contributed by atoms with Gasteiger partial charge in [0.15, 0.2) is 11.6 Å². The van der Waals surface area contributed by atoms with Crippen molar-refractivity contribution in [2.45, 2.75) is 12.5 Å². The van der Waals surface area contributed by atoms with E-state index >= 15 is 0 Å². The van der Waals surface area contributed by atoms with Crippen molar-refractivity contribution < 1.29 is 9.13 Å². The zero-order valence-electron chi connectivity index (χ0n) is 11.7. The Morgan fingerprint density at radius 3 is 2.81 bits per heavy atom. The second kappa shape index (κ2) is 5.62. The molecule has 3 rings (SSSR count). The van der Waals surface area contributed by atoms with Gasteiger partial charge in [0, 0.05) is 12.7 Å². The van der Waals surface area contributed by atoms with E-state index in [4.69, 9.17) is 16.3 Å². The lowest BCUT2D eigenvalue weighted by atomic mass is 9.94. The van der Waals surface area contributed by atoms with Gasteiger partial charge in [0.05, 0.1) is 18.2 Å². The molecule has 0 bridgehead atoms. The van der Waals surface area contributed by atoms with Crippen molar-refractivity contribution in [3.63, 3.8) is 0 Å². The van der Waals surface area contributed by atoms with Gasteiger partial charge in [0.25, 0.3) is 0 Å². The van der Waals surface area contributed by atoms with Crippen molar-refractivity contribution in [1.82, 2.24) is 4.98 Å². The van der Waals surface area contributed by atoms with Crippen molar-refractivity contribution >= 4 is 17.4 Å². The van der Waals surface area contributed by atoms with Crippen LogP contribution in [0.5, 0.6) is 0 Å². The molecule has 1 unspecified atom stereocenters. The van der Waals surface area contributed by atoms with E-state index in [-0.39, 0.29) is 0 Å². The third-order valence-electron chi connectivity index (χ3n) is 3.75. The average molecular weight is 307 g/mol. The number of anilines is 1. The molecule has 0 spiro atoms. The molecule has 0 N–H and O–H groups in total. The molecule has 1 saturated heterocycles. The summed E-state index contributed by atoms with van der Waals surface area (Å²) in [6, 6.07) is 11.3. The fraction of sp³-hybridized carbons (Fsp3) is 0.312. The molecule has 1 aromatic heterocycles. The number of ether oxygens (including phenoxy) is 1. The van der Waals surface area contributed by atoms with Gasteiger partial charge < -0.3 is 9.64 Å². The normalized spacial score (nSPS) is 22.3. The first-order chi connectivity index (χ1) is 10.1. The molecule has 0 aliphatic carbocycles. The van der Waals surface area contributed by atoms with E-state index in [1.165, 1.54) is 12.3 Å². The lowest BCUT2D eigenvalue weighted by molar-refractivity contribution is -0.0469. The van der Waals surface area contributed by atoms with Crippen LogP contribution < -0.4 is 4.90 Å². The molecule has 1 aliphatic heterocycles. The van der Waals surface area contributed by atoms with Gasteiger partial charge in [-0.25, -0.2) is 9.37 Å². The summed E-state index contributed by atoms with van der Waals surface area (Å²) in [4.78, 5) is 6.03. The molecule has 3 nitrogen and oxygen atoms in total. The molecule has 110 valence electrons. The van der Waals surface area contributed by atoms with Crippen LogP contribution in [0.1, 0.15) is 12.5 Å². The second-order valence-electron chi connectivity index (χ2n) is 5.33. The minimum atomic E-state index is -0.479. The van der Waals surface area contributed by atoms with Crippen molar-refractivity contribution in [2.24, 2.45) is 0 Å². The summed E-state index contributed by atoms with van der Waals surface area (Å²) >= 11 is 5.76. The van der Waals surface area contributed by atoms with Crippen LogP contribution >= 0.6 is 11.6 Å². The average Bonchev–Trinajstić information content (AvgIpc) is 2.48. The number of hydrogen-bond donors (Lipinski definition) is 0. The summed E-state index contributed by atoms with van der Waals surface area (Å²) in [5.41, 5.74) is 0.594. The largest absolute Gasteiger partial charge is 0.367 e. The van der Waals surface area contributed by atoms with E-state index < -0.39 is 11.4 Å². The summed E-state index contributed by atoms with van der Waals surface area (Å²) in [6.45, 7) is 3.69. The SMILES string of the molecule is CC1(c2ccccc2)CN(c2ncc(Cl)cc2F)CCO1. The number of pyridine rings is 1. The predicted octanol–water partition coefficient (Wildman–Crippen LogP) is 3.63. The molecule has 2 aromatic rings. The smallest absolute Gasteiger partial charge is 0.167 e. The first-order valence-electron chi connectivity index (χ1n) is 6.84. The second-order valence-corrected chi connectivity index (χ2v) is 5.76. The van der Waals surface area contributed by atoms with Crippen LogP contribution in [-0.4, -0.2) is 24.7 Å². The maximum absolute atomic E-state index is 14.1. The zero-order valence-corrected chi connectivity index (χ0v) is 12.5. The van der Waals surface area contributed by atoms with Crippen molar-refractivity contribution in [3.8, 4) is 0 Å². The number of benzene rings is 1. The van der Waals surface area contributed by atoms with Crippen LogP contribution in [0, 0.1) is 5.82 Å². The van der Waals surface area contributed by atoms with Gasteiger partial charge in [-0.2, -0.15) is 0 Å². The van der Waals surface area contributed by atoms with Crippen molar-refractivity contribution in [3.05, 3.63) is 59.0 Å². The quantitative estimate of drug-likeness (QED) is 0.847. The van der Waals surface area contributed by atoms with E-state index in [9.17, 15) is 4.39 Å². The highest BCUT2D eigenvalue weighted by molar-refractivity contribution is 6.30. The Kier molecular flexibility index (Phi) is 3.83. The zero-order chi connectivity index (χ0) is 14.9. The number of rotatable bonds is 2. The summed E-state index contributed by atoms with van der Waals surface area (Å²) in [7, 11) is 0. The first kappa shape index (κ1) is 14.3. The molecule has 1 fully saturated rings. The van der Waals surface area contributed by atoms with E-state index in [1.54, 1.807) is 0 Å². The van der Waals surface area contributed by atoms with Gasteiger partial charge in [-0.15, -0.1) is 0 Å². The fourth-order valence-electron chi connectivity index (χ4n) is 2.66. The van der Waals surface area contributed by atoms with Crippen LogP contribution in [0.4, 0.5) is 10.2 Å². The lowest BCUT2D eigenvalue weighted by Gasteiger charge is -2.41. The van der Waals surface area contributed by atoms with E-state index in [2.05, 4.69) is 4.98 Å². The number of halogens is 2. The Labute approximate surface area is 128 Å². The van der Waals surface area contributed by atoms with Gasteiger partial charge in [-0.1, -0.05) is 41.9 Å². The molecule has 1 aliphatic rings. The molecule has 0 saturated carbocycles. The first-order valence-corrected chi connectivity index (χ1v) is 7.22. The summed E-state index contributed by atoms with van der Waals surface area (Å²) < 4.78 is 20.0. The Morgan fingerprint density at radius 2 is 2.10 bits per heavy atom. The van der Waals surface area contributed by atoms with Gasteiger partial charge in [0.1, 0.15) is 5.60 Å². The highest BCUT2D eigenvalue weighted by Crippen LogP contribution is 2.32.